The van der Waals surface area contributed by atoms with Crippen LogP contribution in [0.4, 0.5) is 0 Å². The van der Waals surface area contributed by atoms with Gasteiger partial charge in [-0.15, -0.1) is 0 Å². The van der Waals surface area contributed by atoms with Gasteiger partial charge in [-0.1, -0.05) is 36.4 Å². The van der Waals surface area contributed by atoms with Gasteiger partial charge in [-0.3, -0.25) is 4.79 Å². The van der Waals surface area contributed by atoms with E-state index in [0.717, 1.165) is 27.9 Å². The molecule has 162 valence electrons. The third-order valence-electron chi connectivity index (χ3n) is 6.47. The smallest absolute Gasteiger partial charge is 0.261 e. The van der Waals surface area contributed by atoms with E-state index in [1.54, 1.807) is 22.0 Å². The van der Waals surface area contributed by atoms with Gasteiger partial charge in [-0.2, -0.15) is 16.6 Å². The van der Waals surface area contributed by atoms with E-state index in [0.29, 0.717) is 29.8 Å². The minimum atomic E-state index is -1.02. The van der Waals surface area contributed by atoms with Crippen molar-refractivity contribution >= 4 is 11.3 Å². The molecule has 33 heavy (non-hydrogen) atoms. The molecule has 2 aromatic carbocycles. The fourth-order valence-corrected chi connectivity index (χ4v) is 5.55. The minimum Gasteiger partial charge on any atom is -0.457 e. The molecule has 6 heteroatoms. The first-order valence-corrected chi connectivity index (χ1v) is 11.7. The molecule has 5 nitrogen and oxygen atoms in total. The summed E-state index contributed by atoms with van der Waals surface area (Å²) in [6, 6.07) is 21.7. The number of pyridine rings is 1. The highest BCUT2D eigenvalue weighted by Crippen LogP contribution is 2.51. The van der Waals surface area contributed by atoms with E-state index in [9.17, 15) is 10.1 Å². The molecule has 6 rings (SSSR count). The zero-order chi connectivity index (χ0) is 22.6. The third-order valence-corrected chi connectivity index (χ3v) is 7.16. The first kappa shape index (κ1) is 20.0. The maximum absolute atomic E-state index is 13.8. The van der Waals surface area contributed by atoms with Crippen molar-refractivity contribution < 1.29 is 9.47 Å². The predicted molar refractivity (Wildman–Crippen MR) is 125 cm³/mol. The van der Waals surface area contributed by atoms with Crippen molar-refractivity contribution in [1.29, 1.82) is 5.26 Å². The molecule has 2 aliphatic rings. The van der Waals surface area contributed by atoms with Gasteiger partial charge in [-0.25, -0.2) is 0 Å². The highest BCUT2D eigenvalue weighted by atomic mass is 32.1. The fourth-order valence-electron chi connectivity index (χ4n) is 4.84. The molecule has 0 saturated carbocycles. The van der Waals surface area contributed by atoms with E-state index < -0.39 is 11.9 Å². The van der Waals surface area contributed by atoms with E-state index in [4.69, 9.17) is 9.47 Å². The van der Waals surface area contributed by atoms with Gasteiger partial charge in [0.05, 0.1) is 23.7 Å². The quantitative estimate of drug-likeness (QED) is 0.437. The van der Waals surface area contributed by atoms with Crippen LogP contribution < -0.4 is 10.3 Å². The molecule has 4 heterocycles. The Morgan fingerprint density at radius 1 is 1.18 bits per heavy atom. The molecule has 4 aromatic rings. The van der Waals surface area contributed by atoms with Crippen LogP contribution in [0, 0.1) is 18.3 Å². The van der Waals surface area contributed by atoms with Crippen LogP contribution >= 0.6 is 11.3 Å². The largest absolute Gasteiger partial charge is 0.457 e. The summed E-state index contributed by atoms with van der Waals surface area (Å²) in [5.41, 5.74) is 5.66. The van der Waals surface area contributed by atoms with Crippen molar-refractivity contribution in [2.45, 2.75) is 31.8 Å². The van der Waals surface area contributed by atoms with Gasteiger partial charge in [0.15, 0.2) is 0 Å². The number of aromatic nitrogens is 1. The summed E-state index contributed by atoms with van der Waals surface area (Å²) < 4.78 is 14.9. The van der Waals surface area contributed by atoms with Crippen LogP contribution in [0.15, 0.2) is 76.2 Å². The van der Waals surface area contributed by atoms with Crippen LogP contribution in [0.1, 0.15) is 45.2 Å². The number of thiophene rings is 1. The van der Waals surface area contributed by atoms with Crippen molar-refractivity contribution in [3.63, 3.8) is 0 Å². The summed E-state index contributed by atoms with van der Waals surface area (Å²) in [6.07, 6.45) is -0.100. The first-order valence-electron chi connectivity index (χ1n) is 10.8. The number of ether oxygens (including phenoxy) is 2. The Labute approximate surface area is 195 Å². The molecule has 2 unspecified atom stereocenters. The molecule has 0 spiro atoms. The van der Waals surface area contributed by atoms with Crippen molar-refractivity contribution in [2.75, 3.05) is 0 Å². The monoisotopic (exact) mass is 452 g/mol. The molecule has 0 fully saturated rings. The minimum absolute atomic E-state index is 0.116. The van der Waals surface area contributed by atoms with Crippen LogP contribution in [0.2, 0.25) is 0 Å². The fraction of sp³-hybridized carbons (Fsp3) is 0.185. The molecule has 2 aromatic heterocycles. The van der Waals surface area contributed by atoms with Crippen molar-refractivity contribution in [2.24, 2.45) is 0 Å². The highest BCUT2D eigenvalue weighted by molar-refractivity contribution is 7.08. The van der Waals surface area contributed by atoms with E-state index in [2.05, 4.69) is 6.07 Å². The average Bonchev–Trinajstić information content (AvgIpc) is 3.38. The molecule has 0 saturated heterocycles. The molecule has 0 amide bonds. The Morgan fingerprint density at radius 2 is 2.03 bits per heavy atom. The van der Waals surface area contributed by atoms with Gasteiger partial charge in [0.25, 0.3) is 5.56 Å². The van der Waals surface area contributed by atoms with Crippen LogP contribution in [0.5, 0.6) is 5.75 Å². The zero-order valence-electron chi connectivity index (χ0n) is 17.9. The molecule has 2 aliphatic heterocycles. The summed E-state index contributed by atoms with van der Waals surface area (Å²) in [5, 5.41) is 13.4. The van der Waals surface area contributed by atoms with E-state index in [1.165, 1.54) is 0 Å². The number of aryl methyl sites for hydroxylation is 1. The van der Waals surface area contributed by atoms with Gasteiger partial charge in [0, 0.05) is 29.1 Å². The molecular formula is C27H20N2O3S. The standard InChI is InChI=1S/C27H20N2O3S/c1-17-11-23-24(26(30)29(17)15-18-5-3-2-4-6-18)25-22-8-7-19(14-28)12-20(22)13-27(31-23,32-25)21-9-10-33-16-21/h2-12,16,25H,13,15H2,1H3. The number of hydrogen-bond donors (Lipinski definition) is 0. The lowest BCUT2D eigenvalue weighted by atomic mass is 9.84. The Morgan fingerprint density at radius 3 is 2.79 bits per heavy atom. The van der Waals surface area contributed by atoms with E-state index in [-0.39, 0.29) is 5.56 Å². The van der Waals surface area contributed by atoms with Crippen molar-refractivity contribution in [1.82, 2.24) is 4.57 Å². The summed E-state index contributed by atoms with van der Waals surface area (Å²) in [6.45, 7) is 2.41. The number of hydrogen-bond acceptors (Lipinski definition) is 5. The van der Waals surface area contributed by atoms with E-state index in [1.807, 2.05) is 72.3 Å². The van der Waals surface area contributed by atoms with Gasteiger partial charge >= 0.3 is 0 Å². The lowest BCUT2D eigenvalue weighted by Crippen LogP contribution is -2.48. The third kappa shape index (κ3) is 3.12. The normalized spacial score (nSPS) is 20.3. The zero-order valence-corrected chi connectivity index (χ0v) is 18.8. The highest BCUT2D eigenvalue weighted by Gasteiger charge is 2.50. The maximum atomic E-state index is 13.8. The first-order chi connectivity index (χ1) is 16.1. The summed E-state index contributed by atoms with van der Waals surface area (Å²) in [4.78, 5) is 13.8. The van der Waals surface area contributed by atoms with Crippen LogP contribution in [0.3, 0.4) is 0 Å². The molecule has 2 atom stereocenters. The van der Waals surface area contributed by atoms with Crippen LogP contribution in [0.25, 0.3) is 0 Å². The average molecular weight is 453 g/mol. The molecule has 0 aliphatic carbocycles. The Hall–Kier alpha value is -3.66. The lowest BCUT2D eigenvalue weighted by Gasteiger charge is -2.46. The molecule has 0 radical (unpaired) electrons. The number of nitriles is 1. The maximum Gasteiger partial charge on any atom is 0.261 e. The van der Waals surface area contributed by atoms with Crippen molar-refractivity contribution in [3.05, 3.63) is 121 Å². The Bertz CT molecular complexity index is 1470. The Kier molecular flexibility index (Phi) is 4.51. The second-order valence-corrected chi connectivity index (χ2v) is 9.29. The number of fused-ring (bicyclic) bond motifs is 6. The topological polar surface area (TPSA) is 64.2 Å². The second-order valence-electron chi connectivity index (χ2n) is 8.51. The molecular weight excluding hydrogens is 432 g/mol. The van der Waals surface area contributed by atoms with Crippen LogP contribution in [-0.2, 0) is 23.5 Å². The number of rotatable bonds is 3. The van der Waals surface area contributed by atoms with E-state index >= 15 is 0 Å². The van der Waals surface area contributed by atoms with Crippen LogP contribution in [-0.4, -0.2) is 4.57 Å². The van der Waals surface area contributed by atoms with Gasteiger partial charge in [-0.05, 0) is 47.2 Å². The molecule has 2 bridgehead atoms. The van der Waals surface area contributed by atoms with Crippen molar-refractivity contribution in [3.8, 4) is 11.8 Å². The number of benzene rings is 2. The Balaban J connectivity index is 1.56. The SMILES string of the molecule is Cc1cc2c(c(=O)n1Cc1ccccc1)C1OC(c3ccsc3)(Cc3cc(C#N)ccc31)O2. The summed E-state index contributed by atoms with van der Waals surface area (Å²) >= 11 is 1.57. The van der Waals surface area contributed by atoms with Gasteiger partial charge < -0.3 is 14.0 Å². The second kappa shape index (κ2) is 7.45. The lowest BCUT2D eigenvalue weighted by molar-refractivity contribution is -0.237. The molecule has 0 N–H and O–H groups in total. The number of nitrogens with zero attached hydrogens (tertiary/aromatic N) is 2. The summed E-state index contributed by atoms with van der Waals surface area (Å²) in [7, 11) is 0. The van der Waals surface area contributed by atoms with Gasteiger partial charge in [0.2, 0.25) is 5.79 Å². The van der Waals surface area contributed by atoms with Gasteiger partial charge in [0.1, 0.15) is 11.9 Å². The predicted octanol–water partition coefficient (Wildman–Crippen LogP) is 5.05. The summed E-state index contributed by atoms with van der Waals surface area (Å²) in [5.74, 6) is -0.456.